The molecule has 0 bridgehead atoms. The third kappa shape index (κ3) is 9.06. The van der Waals surface area contributed by atoms with Crippen LogP contribution in [0.25, 0.3) is 0 Å². The Balaban J connectivity index is 0.00000560. The number of ether oxygens (including phenoxy) is 2. The smallest absolute Gasteiger partial charge is 0.823 e. The molecule has 3 rings (SSSR count). The van der Waals surface area contributed by atoms with E-state index < -0.39 is 36.6 Å². The average Bonchev–Trinajstić information content (AvgIpc) is 2.79. The molecule has 40 heavy (non-hydrogen) atoms. The van der Waals surface area contributed by atoms with E-state index in [9.17, 15) is 0 Å². The summed E-state index contributed by atoms with van der Waals surface area (Å²) < 4.78 is 25.8. The first-order chi connectivity index (χ1) is 17.8. The zero-order chi connectivity index (χ0) is 29.4. The zero-order valence-corrected chi connectivity index (χ0v) is 30.4. The van der Waals surface area contributed by atoms with E-state index in [1.165, 1.54) is 0 Å². The summed E-state index contributed by atoms with van der Waals surface area (Å²) in [5.41, 5.74) is 2.35. The van der Waals surface area contributed by atoms with Gasteiger partial charge >= 0.3 is 18.9 Å². The summed E-state index contributed by atoms with van der Waals surface area (Å²) in [7, 11) is -6.08. The van der Waals surface area contributed by atoms with E-state index in [2.05, 4.69) is 65.8 Å². The Kier molecular flexibility index (Phi) is 12.1. The molecule has 0 radical (unpaired) electrons. The maximum Gasteiger partial charge on any atom is 1.00 e. The molecule has 2 aromatic rings. The van der Waals surface area contributed by atoms with E-state index in [1.807, 2.05) is 49.4 Å². The quantitative estimate of drug-likeness (QED) is 0.376. The predicted molar refractivity (Wildman–Crippen MR) is 167 cm³/mol. The SMILES string of the molecule is CCOc1ccc(Cc2cc(C3([O-])O[C@H]([Si](C)(C)C)[C@@H](C)[C@H](O[Si](C)(C)C)[C@H]3O[Si](C)(C)C)ccc2Cl)cc1.[Li+]. The van der Waals surface area contributed by atoms with Crippen molar-refractivity contribution in [2.75, 3.05) is 6.61 Å². The fourth-order valence-electron chi connectivity index (χ4n) is 5.34. The summed E-state index contributed by atoms with van der Waals surface area (Å²) in [5.74, 6) is -1.04. The first-order valence-corrected chi connectivity index (χ1v) is 24.9. The molecule has 1 aliphatic heterocycles. The summed E-state index contributed by atoms with van der Waals surface area (Å²) in [4.78, 5) is 0. The maximum atomic E-state index is 15.2. The van der Waals surface area contributed by atoms with Crippen molar-refractivity contribution < 1.29 is 42.3 Å². The van der Waals surface area contributed by atoms with Crippen LogP contribution in [0.5, 0.6) is 5.75 Å². The van der Waals surface area contributed by atoms with Crippen molar-refractivity contribution in [3.05, 3.63) is 64.2 Å². The molecule has 5 nitrogen and oxygen atoms in total. The Morgan fingerprint density at radius 3 is 1.98 bits per heavy atom. The van der Waals surface area contributed by atoms with Crippen LogP contribution in [0.1, 0.15) is 30.5 Å². The van der Waals surface area contributed by atoms with Gasteiger partial charge in [0.25, 0.3) is 0 Å². The fraction of sp³-hybridized carbons (Fsp3) is 0.600. The van der Waals surface area contributed by atoms with Gasteiger partial charge in [0.15, 0.2) is 16.6 Å². The summed E-state index contributed by atoms with van der Waals surface area (Å²) >= 11 is 6.69. The van der Waals surface area contributed by atoms with Crippen molar-refractivity contribution in [3.8, 4) is 5.75 Å². The van der Waals surface area contributed by atoms with Crippen molar-refractivity contribution in [2.45, 2.75) is 103 Å². The third-order valence-electron chi connectivity index (χ3n) is 6.87. The minimum Gasteiger partial charge on any atom is -0.823 e. The molecule has 10 heteroatoms. The van der Waals surface area contributed by atoms with Crippen LogP contribution in [0, 0.1) is 5.92 Å². The Hall–Kier alpha value is -0.382. The van der Waals surface area contributed by atoms with Crippen LogP contribution in [-0.4, -0.2) is 49.3 Å². The molecule has 1 fully saturated rings. The zero-order valence-electron chi connectivity index (χ0n) is 26.7. The van der Waals surface area contributed by atoms with E-state index in [0.29, 0.717) is 23.6 Å². The van der Waals surface area contributed by atoms with Crippen LogP contribution >= 0.6 is 11.6 Å². The summed E-state index contributed by atoms with van der Waals surface area (Å²) in [6.45, 7) is 24.4. The molecule has 218 valence electrons. The standard InChI is InChI=1S/C30H48ClO5Si3.Li/c1-12-33-25-16-13-22(14-17-25)19-23-20-24(15-18-26(23)31)30(32)28(36-39(9,10)11)27(35-38(6,7)8)21(2)29(34-30)37(3,4)5;/h13-18,20-21,27-29H,12,19H2,1-11H3;/q-1;+1/t21-,27-,28+,29+,30?;/m0./s1. The molecule has 1 aliphatic rings. The number of rotatable bonds is 10. The van der Waals surface area contributed by atoms with Crippen LogP contribution in [0.2, 0.25) is 63.9 Å². The molecule has 0 saturated carbocycles. The number of hydrogen-bond acceptors (Lipinski definition) is 5. The molecular weight excluding hydrogens is 567 g/mol. The van der Waals surface area contributed by atoms with Crippen LogP contribution in [0.15, 0.2) is 42.5 Å². The molecule has 1 saturated heterocycles. The second kappa shape index (κ2) is 13.5. The molecule has 1 unspecified atom stereocenters. The Bertz CT molecular complexity index is 1110. The third-order valence-corrected chi connectivity index (χ3v) is 11.5. The second-order valence-electron chi connectivity index (χ2n) is 13.8. The first kappa shape index (κ1) is 35.8. The van der Waals surface area contributed by atoms with Crippen molar-refractivity contribution >= 4 is 36.3 Å². The number of hydrogen-bond donors (Lipinski definition) is 0. The molecule has 0 amide bonds. The maximum absolute atomic E-state index is 15.2. The van der Waals surface area contributed by atoms with Gasteiger partial charge in [0.05, 0.1) is 32.6 Å². The largest absolute Gasteiger partial charge is 1.00 e. The topological polar surface area (TPSA) is 60.0 Å². The molecule has 5 atom stereocenters. The van der Waals surface area contributed by atoms with Crippen molar-refractivity contribution in [1.82, 2.24) is 0 Å². The first-order valence-electron chi connectivity index (χ1n) is 14.1. The van der Waals surface area contributed by atoms with Crippen LogP contribution in [0.4, 0.5) is 0 Å². The van der Waals surface area contributed by atoms with Crippen LogP contribution < -0.4 is 28.7 Å². The molecule has 0 spiro atoms. The van der Waals surface area contributed by atoms with E-state index >= 15 is 5.11 Å². The average molecular weight is 615 g/mol. The summed E-state index contributed by atoms with van der Waals surface area (Å²) in [5, 5.41) is 15.9. The number of benzene rings is 2. The van der Waals surface area contributed by atoms with Gasteiger partial charge in [0.2, 0.25) is 0 Å². The molecule has 2 aromatic carbocycles. The van der Waals surface area contributed by atoms with Gasteiger partial charge in [-0.25, -0.2) is 0 Å². The van der Waals surface area contributed by atoms with Crippen molar-refractivity contribution in [2.24, 2.45) is 5.92 Å². The fourth-order valence-corrected chi connectivity index (χ4v) is 10.0. The Morgan fingerprint density at radius 2 is 1.48 bits per heavy atom. The molecule has 0 aliphatic carbocycles. The van der Waals surface area contributed by atoms with Crippen LogP contribution in [-0.2, 0) is 25.8 Å². The molecular formula is C30H48ClLiO5Si3. The van der Waals surface area contributed by atoms with E-state index in [0.717, 1.165) is 16.9 Å². The summed E-state index contributed by atoms with van der Waals surface area (Å²) in [6, 6.07) is 13.6. The number of halogens is 1. The van der Waals surface area contributed by atoms with E-state index in [4.69, 9.17) is 29.9 Å². The minimum atomic E-state index is -2.15. The van der Waals surface area contributed by atoms with Gasteiger partial charge in [-0.1, -0.05) is 62.4 Å². The second-order valence-corrected chi connectivity index (χ2v) is 28.5. The molecule has 0 N–H and O–H groups in total. The van der Waals surface area contributed by atoms with Gasteiger partial charge in [-0.05, 0) is 87.5 Å². The Labute approximate surface area is 262 Å². The van der Waals surface area contributed by atoms with Crippen molar-refractivity contribution in [3.63, 3.8) is 0 Å². The normalized spacial score (nSPS) is 25.8. The van der Waals surface area contributed by atoms with Gasteiger partial charge < -0.3 is 23.4 Å². The van der Waals surface area contributed by atoms with E-state index in [-0.39, 0.29) is 36.6 Å². The van der Waals surface area contributed by atoms with Gasteiger partial charge in [-0.2, -0.15) is 0 Å². The predicted octanol–water partition coefficient (Wildman–Crippen LogP) is 4.20. The minimum absolute atomic E-state index is 0. The molecule has 0 aromatic heterocycles. The van der Waals surface area contributed by atoms with E-state index in [1.54, 1.807) is 0 Å². The van der Waals surface area contributed by atoms with Gasteiger partial charge in [-0.15, -0.1) is 0 Å². The molecule has 1 heterocycles. The van der Waals surface area contributed by atoms with Gasteiger partial charge in [0, 0.05) is 16.7 Å². The summed E-state index contributed by atoms with van der Waals surface area (Å²) in [6.07, 6.45) is -0.521. The Morgan fingerprint density at radius 1 is 0.900 bits per heavy atom. The van der Waals surface area contributed by atoms with Crippen LogP contribution in [0.3, 0.4) is 0 Å². The van der Waals surface area contributed by atoms with Gasteiger partial charge in [0.1, 0.15) is 5.75 Å². The van der Waals surface area contributed by atoms with Gasteiger partial charge in [-0.3, -0.25) is 0 Å². The van der Waals surface area contributed by atoms with Crippen molar-refractivity contribution in [1.29, 1.82) is 0 Å². The monoisotopic (exact) mass is 614 g/mol.